The normalized spacial score (nSPS) is 22.9. The number of β-amino-alcohol motifs (C(OH)–C–C–N with tert-alkyl or cyclic N) is 1. The highest BCUT2D eigenvalue weighted by Gasteiger charge is 2.42. The van der Waals surface area contributed by atoms with Crippen molar-refractivity contribution in [3.63, 3.8) is 0 Å². The predicted molar refractivity (Wildman–Crippen MR) is 96.4 cm³/mol. The molecule has 0 bridgehead atoms. The monoisotopic (exact) mass is 375 g/mol. The quantitative estimate of drug-likeness (QED) is 0.864. The summed E-state index contributed by atoms with van der Waals surface area (Å²) in [5.41, 5.74) is 0.809. The average molecular weight is 375 g/mol. The molecule has 0 aromatic heterocycles. The SMILES string of the molecule is O[C@@H](CN1CCC2(CC1)C[C@H](O)c1ccccc1O2)c1ccc(F)c(F)c1. The van der Waals surface area contributed by atoms with Crippen LogP contribution >= 0.6 is 0 Å². The highest BCUT2D eigenvalue weighted by molar-refractivity contribution is 5.38. The molecule has 2 aliphatic rings. The third-order valence-electron chi connectivity index (χ3n) is 5.70. The molecule has 0 saturated carbocycles. The van der Waals surface area contributed by atoms with Crippen LogP contribution in [-0.2, 0) is 0 Å². The number of hydrogen-bond donors (Lipinski definition) is 2. The lowest BCUT2D eigenvalue weighted by Gasteiger charge is -2.46. The number of nitrogens with zero attached hydrogens (tertiary/aromatic N) is 1. The zero-order valence-electron chi connectivity index (χ0n) is 14.9. The molecule has 1 spiro atoms. The molecule has 2 aliphatic heterocycles. The fraction of sp³-hybridized carbons (Fsp3) is 0.429. The van der Waals surface area contributed by atoms with Crippen LogP contribution in [0.3, 0.4) is 0 Å². The molecule has 0 aliphatic carbocycles. The molecular formula is C21H23F2NO3. The summed E-state index contributed by atoms with van der Waals surface area (Å²) < 4.78 is 32.7. The van der Waals surface area contributed by atoms with Gasteiger partial charge >= 0.3 is 0 Å². The first-order chi connectivity index (χ1) is 13.0. The molecule has 0 amide bonds. The van der Waals surface area contributed by atoms with Crippen molar-refractivity contribution in [2.24, 2.45) is 0 Å². The van der Waals surface area contributed by atoms with Crippen LogP contribution in [0.4, 0.5) is 8.78 Å². The Morgan fingerprint density at radius 3 is 2.59 bits per heavy atom. The smallest absolute Gasteiger partial charge is 0.159 e. The van der Waals surface area contributed by atoms with E-state index in [1.165, 1.54) is 6.07 Å². The van der Waals surface area contributed by atoms with Crippen molar-refractivity contribution >= 4 is 0 Å². The van der Waals surface area contributed by atoms with Gasteiger partial charge in [-0.2, -0.15) is 0 Å². The Kier molecular flexibility index (Phi) is 4.88. The van der Waals surface area contributed by atoms with Crippen molar-refractivity contribution in [2.45, 2.75) is 37.1 Å². The fourth-order valence-corrected chi connectivity index (χ4v) is 4.10. The molecule has 0 radical (unpaired) electrons. The van der Waals surface area contributed by atoms with Crippen LogP contribution in [0.5, 0.6) is 5.75 Å². The number of benzene rings is 2. The molecule has 1 saturated heterocycles. The van der Waals surface area contributed by atoms with E-state index in [1.54, 1.807) is 0 Å². The van der Waals surface area contributed by atoms with Crippen molar-refractivity contribution in [1.29, 1.82) is 0 Å². The highest BCUT2D eigenvalue weighted by atomic mass is 19.2. The van der Waals surface area contributed by atoms with Gasteiger partial charge in [-0.15, -0.1) is 0 Å². The summed E-state index contributed by atoms with van der Waals surface area (Å²) in [5.74, 6) is -1.13. The first kappa shape index (κ1) is 18.3. The molecule has 2 atom stereocenters. The number of fused-ring (bicyclic) bond motifs is 1. The van der Waals surface area contributed by atoms with Gasteiger partial charge in [-0.05, 0) is 36.6 Å². The number of likely N-dealkylation sites (tertiary alicyclic amines) is 1. The van der Waals surface area contributed by atoms with Crippen LogP contribution in [0, 0.1) is 11.6 Å². The van der Waals surface area contributed by atoms with E-state index in [2.05, 4.69) is 4.90 Å². The minimum Gasteiger partial charge on any atom is -0.487 e. The lowest BCUT2D eigenvalue weighted by molar-refractivity contribution is -0.0587. The minimum atomic E-state index is -0.951. The number of hydrogen-bond acceptors (Lipinski definition) is 4. The van der Waals surface area contributed by atoms with E-state index >= 15 is 0 Å². The van der Waals surface area contributed by atoms with E-state index in [0.29, 0.717) is 31.6 Å². The van der Waals surface area contributed by atoms with Crippen LogP contribution in [0.15, 0.2) is 42.5 Å². The molecular weight excluding hydrogens is 352 g/mol. The van der Waals surface area contributed by atoms with Crippen molar-refractivity contribution in [3.8, 4) is 5.75 Å². The summed E-state index contributed by atoms with van der Waals surface area (Å²) in [5, 5.41) is 20.8. The maximum atomic E-state index is 13.4. The van der Waals surface area contributed by atoms with Gasteiger partial charge in [0.25, 0.3) is 0 Å². The predicted octanol–water partition coefficient (Wildman–Crippen LogP) is 3.35. The summed E-state index contributed by atoms with van der Waals surface area (Å²) >= 11 is 0. The summed E-state index contributed by atoms with van der Waals surface area (Å²) in [7, 11) is 0. The maximum Gasteiger partial charge on any atom is 0.159 e. The molecule has 0 unspecified atom stereocenters. The Hall–Kier alpha value is -2.02. The van der Waals surface area contributed by atoms with Crippen molar-refractivity contribution < 1.29 is 23.7 Å². The van der Waals surface area contributed by atoms with E-state index < -0.39 is 29.4 Å². The van der Waals surface area contributed by atoms with Gasteiger partial charge in [-0.1, -0.05) is 24.3 Å². The van der Waals surface area contributed by atoms with E-state index in [4.69, 9.17) is 4.74 Å². The summed E-state index contributed by atoms with van der Waals surface area (Å²) in [6, 6.07) is 11.1. The van der Waals surface area contributed by atoms with Gasteiger partial charge in [0, 0.05) is 31.6 Å². The van der Waals surface area contributed by atoms with E-state index in [0.717, 1.165) is 36.3 Å². The molecule has 1 fully saturated rings. The molecule has 144 valence electrons. The lowest BCUT2D eigenvalue weighted by atomic mass is 9.81. The molecule has 2 N–H and O–H groups in total. The highest BCUT2D eigenvalue weighted by Crippen LogP contribution is 2.44. The zero-order valence-corrected chi connectivity index (χ0v) is 14.9. The molecule has 4 nitrogen and oxygen atoms in total. The standard InChI is InChI=1S/C21H23F2NO3/c22-16-6-5-14(11-17(16)23)19(26)13-24-9-7-21(8-10-24)12-18(25)15-3-1-2-4-20(15)27-21/h1-6,11,18-19,25-26H,7-10,12-13H2/t18-,19-/m0/s1. The van der Waals surface area contributed by atoms with Crippen LogP contribution < -0.4 is 4.74 Å². The number of ether oxygens (including phenoxy) is 1. The number of halogens is 2. The number of para-hydroxylation sites is 1. The Morgan fingerprint density at radius 2 is 1.85 bits per heavy atom. The van der Waals surface area contributed by atoms with Crippen LogP contribution in [0.25, 0.3) is 0 Å². The second-order valence-corrected chi connectivity index (χ2v) is 7.53. The molecule has 2 aromatic carbocycles. The van der Waals surface area contributed by atoms with Crippen molar-refractivity contribution in [1.82, 2.24) is 4.90 Å². The fourth-order valence-electron chi connectivity index (χ4n) is 4.10. The number of piperidine rings is 1. The first-order valence-corrected chi connectivity index (χ1v) is 9.27. The van der Waals surface area contributed by atoms with Crippen molar-refractivity contribution in [2.75, 3.05) is 19.6 Å². The zero-order chi connectivity index (χ0) is 19.0. The first-order valence-electron chi connectivity index (χ1n) is 9.27. The minimum absolute atomic E-state index is 0.348. The molecule has 27 heavy (non-hydrogen) atoms. The molecule has 6 heteroatoms. The molecule has 2 aromatic rings. The van der Waals surface area contributed by atoms with E-state index in [-0.39, 0.29) is 0 Å². The largest absolute Gasteiger partial charge is 0.487 e. The Balaban J connectivity index is 1.38. The molecule has 2 heterocycles. The molecule has 4 rings (SSSR count). The van der Waals surface area contributed by atoms with Crippen LogP contribution in [-0.4, -0.2) is 40.3 Å². The summed E-state index contributed by atoms with van der Waals surface area (Å²) in [6.45, 7) is 1.76. The second kappa shape index (κ2) is 7.19. The second-order valence-electron chi connectivity index (χ2n) is 7.53. The number of aliphatic hydroxyl groups excluding tert-OH is 2. The van der Waals surface area contributed by atoms with Gasteiger partial charge in [-0.3, -0.25) is 0 Å². The average Bonchev–Trinajstić information content (AvgIpc) is 2.66. The van der Waals surface area contributed by atoms with E-state index in [1.807, 2.05) is 24.3 Å². The Bertz CT molecular complexity index is 821. The van der Waals surface area contributed by atoms with Gasteiger partial charge in [0.1, 0.15) is 11.4 Å². The Morgan fingerprint density at radius 1 is 1.11 bits per heavy atom. The number of aliphatic hydroxyl groups is 2. The third-order valence-corrected chi connectivity index (χ3v) is 5.70. The Labute approximate surface area is 157 Å². The third kappa shape index (κ3) is 3.70. The van der Waals surface area contributed by atoms with E-state index in [9.17, 15) is 19.0 Å². The van der Waals surface area contributed by atoms with Crippen LogP contribution in [0.2, 0.25) is 0 Å². The van der Waals surface area contributed by atoms with Gasteiger partial charge in [-0.25, -0.2) is 8.78 Å². The van der Waals surface area contributed by atoms with Gasteiger partial charge < -0.3 is 19.8 Å². The topological polar surface area (TPSA) is 52.9 Å². The van der Waals surface area contributed by atoms with Gasteiger partial charge in [0.15, 0.2) is 11.6 Å². The summed E-state index contributed by atoms with van der Waals surface area (Å²) in [6.07, 6.45) is 0.622. The number of rotatable bonds is 3. The van der Waals surface area contributed by atoms with Crippen LogP contribution in [0.1, 0.15) is 42.6 Å². The van der Waals surface area contributed by atoms with Gasteiger partial charge in [0.05, 0.1) is 12.2 Å². The summed E-state index contributed by atoms with van der Waals surface area (Å²) in [4.78, 5) is 2.09. The lowest BCUT2D eigenvalue weighted by Crippen LogP contribution is -2.51. The maximum absolute atomic E-state index is 13.4. The van der Waals surface area contributed by atoms with Crippen molar-refractivity contribution in [3.05, 3.63) is 65.2 Å². The van der Waals surface area contributed by atoms with Gasteiger partial charge in [0.2, 0.25) is 0 Å².